The number of halogens is 2. The predicted octanol–water partition coefficient (Wildman–Crippen LogP) is 6.16. The van der Waals surface area contributed by atoms with Gasteiger partial charge in [0, 0.05) is 30.0 Å². The molecule has 1 aliphatic rings. The lowest BCUT2D eigenvalue weighted by molar-refractivity contribution is -0.147. The van der Waals surface area contributed by atoms with Crippen LogP contribution in [0.1, 0.15) is 47.2 Å². The first kappa shape index (κ1) is 29.6. The number of piperidine rings is 1. The van der Waals surface area contributed by atoms with Crippen LogP contribution in [0.5, 0.6) is 0 Å². The average molecular weight is 583 g/mol. The number of rotatable bonds is 8. The van der Waals surface area contributed by atoms with E-state index in [2.05, 4.69) is 0 Å². The molecule has 0 aromatic heterocycles. The Hall–Kier alpha value is -4.85. The summed E-state index contributed by atoms with van der Waals surface area (Å²) in [5, 5.41) is 10.6. The lowest BCUT2D eigenvalue weighted by Gasteiger charge is -2.48. The van der Waals surface area contributed by atoms with Gasteiger partial charge >= 0.3 is 5.97 Å². The molecule has 0 aliphatic carbocycles. The third kappa shape index (κ3) is 5.91. The normalized spacial score (nSPS) is 19.8. The van der Waals surface area contributed by atoms with Gasteiger partial charge in [-0.25, -0.2) is 8.78 Å². The van der Waals surface area contributed by atoms with E-state index in [9.17, 15) is 28.3 Å². The third-order valence-corrected chi connectivity index (χ3v) is 8.70. The molecule has 4 atom stereocenters. The van der Waals surface area contributed by atoms with Crippen LogP contribution in [0.3, 0.4) is 0 Å². The number of carbonyl (C=O) groups is 3. The van der Waals surface area contributed by atoms with E-state index < -0.39 is 41.0 Å². The zero-order valence-corrected chi connectivity index (χ0v) is 23.6. The number of amides is 2. The first-order valence-corrected chi connectivity index (χ1v) is 14.1. The molecule has 1 aliphatic heterocycles. The summed E-state index contributed by atoms with van der Waals surface area (Å²) in [6.07, 6.45) is 0.0842. The van der Waals surface area contributed by atoms with Crippen molar-refractivity contribution in [3.05, 3.63) is 131 Å². The maximum Gasteiger partial charge on any atom is 0.314 e. The summed E-state index contributed by atoms with van der Waals surface area (Å²) in [7, 11) is 0. The molecule has 4 unspecified atom stereocenters. The van der Waals surface area contributed by atoms with Gasteiger partial charge in [0.1, 0.15) is 11.6 Å². The van der Waals surface area contributed by atoms with Gasteiger partial charge < -0.3 is 15.7 Å². The number of primary amides is 1. The van der Waals surface area contributed by atoms with Crippen molar-refractivity contribution < 1.29 is 28.3 Å². The Morgan fingerprint density at radius 2 is 1.37 bits per heavy atom. The van der Waals surface area contributed by atoms with Gasteiger partial charge in [-0.15, -0.1) is 0 Å². The third-order valence-electron chi connectivity index (χ3n) is 8.70. The summed E-state index contributed by atoms with van der Waals surface area (Å²) in [4.78, 5) is 41.4. The largest absolute Gasteiger partial charge is 0.481 e. The van der Waals surface area contributed by atoms with Crippen LogP contribution in [0.15, 0.2) is 103 Å². The second kappa shape index (κ2) is 12.2. The topological polar surface area (TPSA) is 101 Å². The maximum absolute atomic E-state index is 14.2. The summed E-state index contributed by atoms with van der Waals surface area (Å²) < 4.78 is 27.2. The molecule has 4 aromatic carbocycles. The molecule has 0 saturated carbocycles. The van der Waals surface area contributed by atoms with Crippen LogP contribution in [0.25, 0.3) is 11.1 Å². The molecule has 5 rings (SSSR count). The summed E-state index contributed by atoms with van der Waals surface area (Å²) >= 11 is 0. The van der Waals surface area contributed by atoms with E-state index >= 15 is 0 Å². The molecule has 0 bridgehead atoms. The van der Waals surface area contributed by atoms with E-state index in [1.165, 1.54) is 36.4 Å². The second-order valence-corrected chi connectivity index (χ2v) is 11.1. The van der Waals surface area contributed by atoms with E-state index in [-0.39, 0.29) is 31.1 Å². The Morgan fingerprint density at radius 3 is 1.91 bits per heavy atom. The fraction of sp³-hybridized carbons (Fsp3) is 0.229. The van der Waals surface area contributed by atoms with Crippen molar-refractivity contribution in [2.45, 2.75) is 37.1 Å². The maximum atomic E-state index is 14.2. The highest BCUT2D eigenvalue weighted by Crippen LogP contribution is 2.45. The van der Waals surface area contributed by atoms with Crippen LogP contribution in [0.4, 0.5) is 8.78 Å². The molecular formula is C35H32F2N2O4. The number of hydrogen-bond donors (Lipinski definition) is 2. The van der Waals surface area contributed by atoms with Gasteiger partial charge in [-0.3, -0.25) is 14.4 Å². The Kier molecular flexibility index (Phi) is 8.39. The van der Waals surface area contributed by atoms with Crippen molar-refractivity contribution in [1.29, 1.82) is 0 Å². The van der Waals surface area contributed by atoms with Crippen LogP contribution in [-0.2, 0) is 15.0 Å². The minimum absolute atomic E-state index is 0.00938. The second-order valence-electron chi connectivity index (χ2n) is 11.1. The van der Waals surface area contributed by atoms with Crippen molar-refractivity contribution >= 4 is 17.8 Å². The predicted molar refractivity (Wildman–Crippen MR) is 159 cm³/mol. The van der Waals surface area contributed by atoms with Crippen molar-refractivity contribution in [3.8, 4) is 11.1 Å². The number of aliphatic carboxylic acids is 1. The first-order valence-electron chi connectivity index (χ1n) is 14.1. The molecule has 1 heterocycles. The van der Waals surface area contributed by atoms with Crippen molar-refractivity contribution in [2.75, 3.05) is 6.54 Å². The molecule has 43 heavy (non-hydrogen) atoms. The van der Waals surface area contributed by atoms with Crippen LogP contribution in [0.2, 0.25) is 0 Å². The van der Waals surface area contributed by atoms with E-state index in [0.717, 1.165) is 16.7 Å². The van der Waals surface area contributed by atoms with Gasteiger partial charge in [-0.1, -0.05) is 73.7 Å². The Bertz CT molecular complexity index is 1610. The number of nitrogens with two attached hydrogens (primary N) is 1. The number of hydrogen-bond acceptors (Lipinski definition) is 3. The molecular weight excluding hydrogens is 550 g/mol. The van der Waals surface area contributed by atoms with Crippen LogP contribution >= 0.6 is 0 Å². The monoisotopic (exact) mass is 582 g/mol. The van der Waals surface area contributed by atoms with E-state index in [0.29, 0.717) is 11.1 Å². The van der Waals surface area contributed by atoms with Gasteiger partial charge in [0.2, 0.25) is 5.91 Å². The molecule has 6 nitrogen and oxygen atoms in total. The zero-order chi connectivity index (χ0) is 30.7. The van der Waals surface area contributed by atoms with Crippen LogP contribution in [-0.4, -0.2) is 40.4 Å². The zero-order valence-electron chi connectivity index (χ0n) is 23.6. The highest BCUT2D eigenvalue weighted by atomic mass is 19.1. The number of carboxylic acid groups (broad SMARTS) is 1. The van der Waals surface area contributed by atoms with Gasteiger partial charge in [0.05, 0.1) is 5.41 Å². The van der Waals surface area contributed by atoms with Gasteiger partial charge in [-0.05, 0) is 71.5 Å². The molecule has 1 fully saturated rings. The molecule has 220 valence electrons. The standard InChI is InChI=1S/C35H32F2N2O4/c1-22(32(38)40)31(25-5-3-2-4-6-25)30-21-35(34(42)43,27-13-17-29(37)18-14-27)19-20-39(30)33(41)26-9-7-23(8-10-26)24-11-15-28(36)16-12-24/h2-18,22,30-31H,19-21H2,1H3,(H2,38,40)(H,42,43). The van der Waals surface area contributed by atoms with E-state index in [1.807, 2.05) is 30.3 Å². The number of carboxylic acids is 1. The average Bonchev–Trinajstić information content (AvgIpc) is 3.02. The SMILES string of the molecule is CC(C(N)=O)C(c1ccccc1)C1CC(C(=O)O)(c2ccc(F)cc2)CCN1C(=O)c1ccc(-c2ccc(F)cc2)cc1. The molecule has 8 heteroatoms. The Balaban J connectivity index is 1.58. The van der Waals surface area contributed by atoms with Gasteiger partial charge in [0.15, 0.2) is 0 Å². The molecule has 0 radical (unpaired) electrons. The summed E-state index contributed by atoms with van der Waals surface area (Å²) in [5.41, 5.74) is 7.57. The van der Waals surface area contributed by atoms with E-state index in [1.54, 1.807) is 48.2 Å². The van der Waals surface area contributed by atoms with Crippen molar-refractivity contribution in [3.63, 3.8) is 0 Å². The first-order chi connectivity index (χ1) is 20.6. The highest BCUT2D eigenvalue weighted by molar-refractivity contribution is 5.95. The van der Waals surface area contributed by atoms with Crippen molar-refractivity contribution in [1.82, 2.24) is 4.90 Å². The summed E-state index contributed by atoms with van der Waals surface area (Å²) in [6.45, 7) is 1.77. The number of benzene rings is 4. The van der Waals surface area contributed by atoms with Crippen molar-refractivity contribution in [2.24, 2.45) is 11.7 Å². The summed E-state index contributed by atoms with van der Waals surface area (Å²) in [6, 6.07) is 26.8. The fourth-order valence-electron chi connectivity index (χ4n) is 6.28. The van der Waals surface area contributed by atoms with Crippen LogP contribution < -0.4 is 5.73 Å². The summed E-state index contributed by atoms with van der Waals surface area (Å²) in [5.74, 6) is -4.14. The molecule has 0 spiro atoms. The fourth-order valence-corrected chi connectivity index (χ4v) is 6.28. The van der Waals surface area contributed by atoms with Gasteiger partial charge in [-0.2, -0.15) is 0 Å². The number of likely N-dealkylation sites (tertiary alicyclic amines) is 1. The molecule has 2 amide bonds. The molecule has 3 N–H and O–H groups in total. The lowest BCUT2D eigenvalue weighted by atomic mass is 9.65. The lowest BCUT2D eigenvalue weighted by Crippen LogP contribution is -2.57. The smallest absolute Gasteiger partial charge is 0.314 e. The number of carbonyl (C=O) groups excluding carboxylic acids is 2. The minimum atomic E-state index is -1.42. The molecule has 1 saturated heterocycles. The Labute approximate surface area is 248 Å². The molecule has 4 aromatic rings. The number of nitrogens with zero attached hydrogens (tertiary/aromatic N) is 1. The van der Waals surface area contributed by atoms with Crippen LogP contribution in [0, 0.1) is 17.6 Å². The van der Waals surface area contributed by atoms with E-state index in [4.69, 9.17) is 5.73 Å². The Morgan fingerprint density at radius 1 is 0.837 bits per heavy atom. The quantitative estimate of drug-likeness (QED) is 0.260. The van der Waals surface area contributed by atoms with Gasteiger partial charge in [0.25, 0.3) is 5.91 Å². The minimum Gasteiger partial charge on any atom is -0.481 e. The highest BCUT2D eigenvalue weighted by Gasteiger charge is 2.51.